The molecule has 0 saturated carbocycles. The fourth-order valence-corrected chi connectivity index (χ4v) is 2.22. The van der Waals surface area contributed by atoms with Gasteiger partial charge in [0.25, 0.3) is 0 Å². The van der Waals surface area contributed by atoms with Crippen LogP contribution in [0, 0.1) is 5.82 Å². The minimum Gasteiger partial charge on any atom is -0.484 e. The quantitative estimate of drug-likeness (QED) is 0.598. The van der Waals surface area contributed by atoms with Crippen molar-refractivity contribution in [3.8, 4) is 5.75 Å². The van der Waals surface area contributed by atoms with Gasteiger partial charge in [0.2, 0.25) is 0 Å². The van der Waals surface area contributed by atoms with Gasteiger partial charge in [-0.1, -0.05) is 0 Å². The van der Waals surface area contributed by atoms with Crippen molar-refractivity contribution in [2.75, 3.05) is 13.7 Å². The maximum Gasteiger partial charge on any atom is 0.337 e. The van der Waals surface area contributed by atoms with Crippen molar-refractivity contribution in [1.82, 2.24) is 0 Å². The molecule has 0 atom stereocenters. The van der Waals surface area contributed by atoms with Crippen molar-refractivity contribution < 1.29 is 23.5 Å². The van der Waals surface area contributed by atoms with Crippen LogP contribution in [0.1, 0.15) is 20.7 Å². The zero-order valence-electron chi connectivity index (χ0n) is 11.6. The number of rotatable bonds is 5. The minimum absolute atomic E-state index is 0.193. The average Bonchev–Trinajstić information content (AvgIpc) is 2.53. The molecule has 0 N–H and O–H groups in total. The fraction of sp³-hybridized carbons (Fsp3) is 0.125. The van der Waals surface area contributed by atoms with Crippen LogP contribution in [0.15, 0.2) is 46.9 Å². The Balaban J connectivity index is 2.03. The number of hydrogen-bond donors (Lipinski definition) is 0. The molecule has 22 heavy (non-hydrogen) atoms. The van der Waals surface area contributed by atoms with E-state index in [9.17, 15) is 14.0 Å². The molecule has 2 rings (SSSR count). The van der Waals surface area contributed by atoms with E-state index in [0.29, 0.717) is 21.3 Å². The Hall–Kier alpha value is -2.21. The Morgan fingerprint density at radius 3 is 2.32 bits per heavy atom. The van der Waals surface area contributed by atoms with Gasteiger partial charge < -0.3 is 9.47 Å². The summed E-state index contributed by atoms with van der Waals surface area (Å²) in [5.74, 6) is -0.722. The molecule has 0 aromatic heterocycles. The summed E-state index contributed by atoms with van der Waals surface area (Å²) in [5, 5.41) is 0. The van der Waals surface area contributed by atoms with Crippen LogP contribution in [0.5, 0.6) is 5.75 Å². The third-order valence-corrected chi connectivity index (χ3v) is 3.50. The van der Waals surface area contributed by atoms with Crippen molar-refractivity contribution in [2.45, 2.75) is 0 Å². The number of carbonyl (C=O) groups is 2. The minimum atomic E-state index is -0.463. The van der Waals surface area contributed by atoms with Crippen LogP contribution in [0.25, 0.3) is 0 Å². The van der Waals surface area contributed by atoms with Gasteiger partial charge in [-0.05, 0) is 58.4 Å². The third-order valence-electron chi connectivity index (χ3n) is 2.88. The maximum absolute atomic E-state index is 12.8. The lowest BCUT2D eigenvalue weighted by Gasteiger charge is -2.09. The Bertz CT molecular complexity index is 698. The molecule has 0 aliphatic carbocycles. The molecular weight excluding hydrogens is 355 g/mol. The fourth-order valence-electron chi connectivity index (χ4n) is 1.73. The van der Waals surface area contributed by atoms with E-state index in [-0.39, 0.29) is 12.4 Å². The molecule has 0 bridgehead atoms. The van der Waals surface area contributed by atoms with Crippen LogP contribution in [0.4, 0.5) is 4.39 Å². The van der Waals surface area contributed by atoms with Gasteiger partial charge in [-0.25, -0.2) is 9.18 Å². The van der Waals surface area contributed by atoms with Crippen LogP contribution in [-0.2, 0) is 4.74 Å². The van der Waals surface area contributed by atoms with Gasteiger partial charge in [0.05, 0.1) is 17.1 Å². The van der Waals surface area contributed by atoms with E-state index >= 15 is 0 Å². The number of hydrogen-bond acceptors (Lipinski definition) is 4. The molecule has 2 aromatic rings. The molecule has 0 amide bonds. The summed E-state index contributed by atoms with van der Waals surface area (Å²) in [6.45, 7) is -0.193. The van der Waals surface area contributed by atoms with E-state index in [0.717, 1.165) is 0 Å². The first-order valence-corrected chi connectivity index (χ1v) is 7.10. The first kappa shape index (κ1) is 16.2. The highest BCUT2D eigenvalue weighted by Gasteiger charge is 2.11. The summed E-state index contributed by atoms with van der Waals surface area (Å²) in [6.07, 6.45) is 0. The van der Waals surface area contributed by atoms with Crippen molar-refractivity contribution in [2.24, 2.45) is 0 Å². The first-order valence-electron chi connectivity index (χ1n) is 6.30. The summed E-state index contributed by atoms with van der Waals surface area (Å²) in [6, 6.07) is 9.88. The van der Waals surface area contributed by atoms with E-state index in [1.54, 1.807) is 12.1 Å². The molecule has 0 spiro atoms. The first-order chi connectivity index (χ1) is 10.5. The Morgan fingerprint density at radius 2 is 1.73 bits per heavy atom. The Kier molecular flexibility index (Phi) is 5.27. The standard InChI is InChI=1S/C16H12BrFO4/c1-21-16(20)11-4-7-15(13(17)8-11)22-9-14(19)10-2-5-12(18)6-3-10/h2-8H,9H2,1H3. The lowest BCUT2D eigenvalue weighted by Crippen LogP contribution is -2.12. The van der Waals surface area contributed by atoms with E-state index in [2.05, 4.69) is 20.7 Å². The largest absolute Gasteiger partial charge is 0.484 e. The molecule has 0 heterocycles. The molecule has 0 saturated heterocycles. The van der Waals surface area contributed by atoms with Crippen molar-refractivity contribution in [3.63, 3.8) is 0 Å². The SMILES string of the molecule is COC(=O)c1ccc(OCC(=O)c2ccc(F)cc2)c(Br)c1. The molecule has 4 nitrogen and oxygen atoms in total. The summed E-state index contributed by atoms with van der Waals surface area (Å²) < 4.78 is 23.4. The van der Waals surface area contributed by atoms with Gasteiger partial charge in [-0.15, -0.1) is 0 Å². The van der Waals surface area contributed by atoms with E-state index in [4.69, 9.17) is 4.74 Å². The summed E-state index contributed by atoms with van der Waals surface area (Å²) in [5.41, 5.74) is 0.732. The lowest BCUT2D eigenvalue weighted by molar-refractivity contribution is 0.0600. The van der Waals surface area contributed by atoms with Crippen LogP contribution >= 0.6 is 15.9 Å². The Morgan fingerprint density at radius 1 is 1.09 bits per heavy atom. The molecule has 0 radical (unpaired) electrons. The summed E-state index contributed by atoms with van der Waals surface area (Å²) in [7, 11) is 1.29. The van der Waals surface area contributed by atoms with Gasteiger partial charge in [0.1, 0.15) is 11.6 Å². The number of ether oxygens (including phenoxy) is 2. The highest BCUT2D eigenvalue weighted by atomic mass is 79.9. The van der Waals surface area contributed by atoms with Gasteiger partial charge >= 0.3 is 5.97 Å². The van der Waals surface area contributed by atoms with Gasteiger partial charge in [-0.3, -0.25) is 4.79 Å². The monoisotopic (exact) mass is 366 g/mol. The molecule has 114 valence electrons. The van der Waals surface area contributed by atoms with Crippen molar-refractivity contribution >= 4 is 27.7 Å². The number of methoxy groups -OCH3 is 1. The predicted molar refractivity (Wildman–Crippen MR) is 81.7 cm³/mol. The molecule has 0 unspecified atom stereocenters. The van der Waals surface area contributed by atoms with E-state index < -0.39 is 11.8 Å². The smallest absolute Gasteiger partial charge is 0.337 e. The predicted octanol–water partition coefficient (Wildman–Crippen LogP) is 3.64. The highest BCUT2D eigenvalue weighted by molar-refractivity contribution is 9.10. The van der Waals surface area contributed by atoms with Crippen LogP contribution in [-0.4, -0.2) is 25.5 Å². The number of ketones is 1. The van der Waals surface area contributed by atoms with Crippen molar-refractivity contribution in [3.05, 3.63) is 63.9 Å². The maximum atomic E-state index is 12.8. The van der Waals surface area contributed by atoms with Gasteiger partial charge in [0.15, 0.2) is 12.4 Å². The summed E-state index contributed by atoms with van der Waals surface area (Å²) in [4.78, 5) is 23.3. The lowest BCUT2D eigenvalue weighted by atomic mass is 10.1. The molecular formula is C16H12BrFO4. The second kappa shape index (κ2) is 7.17. The molecule has 0 aliphatic rings. The number of Topliss-reactive ketones (excluding diaryl/α,β-unsaturated/α-hetero) is 1. The van der Waals surface area contributed by atoms with Crippen molar-refractivity contribution in [1.29, 1.82) is 0 Å². The number of esters is 1. The number of carbonyl (C=O) groups excluding carboxylic acids is 2. The molecule has 0 aliphatic heterocycles. The van der Waals surface area contributed by atoms with Crippen LogP contribution in [0.3, 0.4) is 0 Å². The molecule has 0 fully saturated rings. The second-order valence-corrected chi connectivity index (χ2v) is 5.21. The zero-order valence-corrected chi connectivity index (χ0v) is 13.2. The average molecular weight is 367 g/mol. The van der Waals surface area contributed by atoms with E-state index in [1.165, 1.54) is 37.4 Å². The van der Waals surface area contributed by atoms with Gasteiger partial charge in [-0.2, -0.15) is 0 Å². The highest BCUT2D eigenvalue weighted by Crippen LogP contribution is 2.26. The zero-order chi connectivity index (χ0) is 16.1. The molecule has 2 aromatic carbocycles. The summed E-state index contributed by atoms with van der Waals surface area (Å²) >= 11 is 3.27. The normalized spacial score (nSPS) is 10.1. The molecule has 6 heteroatoms. The number of halogens is 2. The number of benzene rings is 2. The second-order valence-electron chi connectivity index (χ2n) is 4.36. The van der Waals surface area contributed by atoms with Gasteiger partial charge in [0, 0.05) is 5.56 Å². The van der Waals surface area contributed by atoms with Crippen LogP contribution in [0.2, 0.25) is 0 Å². The van der Waals surface area contributed by atoms with E-state index in [1.807, 2.05) is 0 Å². The topological polar surface area (TPSA) is 52.6 Å². The Labute approximate surface area is 135 Å². The van der Waals surface area contributed by atoms with Crippen LogP contribution < -0.4 is 4.74 Å². The third kappa shape index (κ3) is 3.92.